The summed E-state index contributed by atoms with van der Waals surface area (Å²) in [6.07, 6.45) is 2.92. The highest BCUT2D eigenvalue weighted by molar-refractivity contribution is 6.01. The van der Waals surface area contributed by atoms with E-state index in [2.05, 4.69) is 16.5 Å². The van der Waals surface area contributed by atoms with E-state index in [4.69, 9.17) is 10.5 Å². The van der Waals surface area contributed by atoms with Crippen LogP contribution in [0.25, 0.3) is 27.7 Å². The first-order valence-corrected chi connectivity index (χ1v) is 13.7. The third-order valence-corrected chi connectivity index (χ3v) is 7.96. The number of rotatable bonds is 4. The first-order valence-electron chi connectivity index (χ1n) is 13.7. The van der Waals surface area contributed by atoms with Gasteiger partial charge in [-0.2, -0.15) is 4.98 Å². The summed E-state index contributed by atoms with van der Waals surface area (Å²) in [4.78, 5) is 39.0. The molecule has 1 amide bonds. The van der Waals surface area contributed by atoms with Crippen LogP contribution in [0.15, 0.2) is 54.0 Å². The van der Waals surface area contributed by atoms with Gasteiger partial charge in [0.25, 0.3) is 0 Å². The lowest BCUT2D eigenvalue weighted by Crippen LogP contribution is -2.56. The van der Waals surface area contributed by atoms with Crippen LogP contribution in [0.5, 0.6) is 5.75 Å². The molecule has 216 valence electrons. The number of piperazine rings is 1. The minimum atomic E-state index is -0.821. The summed E-state index contributed by atoms with van der Waals surface area (Å²) in [6, 6.07) is 6.93. The molecular formula is C31H30F2N6O3. The molecule has 11 heteroatoms. The van der Waals surface area contributed by atoms with Gasteiger partial charge in [-0.15, -0.1) is 0 Å². The number of nitrogen functional groups attached to an aromatic ring is 1. The number of hydrogen-bond acceptors (Lipinski definition) is 7. The highest BCUT2D eigenvalue weighted by Gasteiger charge is 2.37. The number of nitrogens with two attached hydrogens (primary N) is 1. The molecular weight excluding hydrogens is 542 g/mol. The van der Waals surface area contributed by atoms with Crippen molar-refractivity contribution in [2.24, 2.45) is 0 Å². The molecule has 0 spiro atoms. The normalized spacial score (nSPS) is 16.3. The molecule has 0 radical (unpaired) electrons. The Morgan fingerprint density at radius 3 is 2.74 bits per heavy atom. The molecule has 2 aromatic carbocycles. The molecule has 1 fully saturated rings. The number of carbonyl (C=O) groups is 1. The van der Waals surface area contributed by atoms with E-state index in [1.807, 2.05) is 25.7 Å². The molecule has 2 aliphatic heterocycles. The largest absolute Gasteiger partial charge is 0.487 e. The lowest BCUT2D eigenvalue weighted by atomic mass is 9.98. The van der Waals surface area contributed by atoms with Crippen molar-refractivity contribution in [1.82, 2.24) is 19.4 Å². The van der Waals surface area contributed by atoms with Crippen LogP contribution in [0, 0.1) is 18.6 Å². The predicted octanol–water partition coefficient (Wildman–Crippen LogP) is 4.34. The van der Waals surface area contributed by atoms with E-state index in [1.165, 1.54) is 34.9 Å². The van der Waals surface area contributed by atoms with Crippen LogP contribution in [0.3, 0.4) is 0 Å². The van der Waals surface area contributed by atoms with E-state index in [1.54, 1.807) is 17.2 Å². The smallest absolute Gasteiger partial charge is 0.354 e. The maximum atomic E-state index is 16.5. The van der Waals surface area contributed by atoms with Gasteiger partial charge in [0.15, 0.2) is 11.6 Å². The standard InChI is InChI=1S/C31H30F2N6O3/c1-5-23(40)37-11-12-38-18(14-37)15-42-29-25-22(13-19(26(29)33)24-20(32)7-6-8-21(24)34)39(31(41)36-30(25)38)28-17(4)9-10-35-27(28)16(2)3/h5-10,13,16,18H,1,11-12,14-15,34H2,2-4H3/t18-/m1/s1. The Morgan fingerprint density at radius 1 is 1.24 bits per heavy atom. The van der Waals surface area contributed by atoms with Gasteiger partial charge in [-0.1, -0.05) is 26.5 Å². The van der Waals surface area contributed by atoms with Crippen LogP contribution in [-0.2, 0) is 4.79 Å². The van der Waals surface area contributed by atoms with Crippen molar-refractivity contribution in [3.05, 3.63) is 82.6 Å². The summed E-state index contributed by atoms with van der Waals surface area (Å²) in [5.74, 6) is -1.75. The van der Waals surface area contributed by atoms with Gasteiger partial charge in [0.05, 0.1) is 28.3 Å². The summed E-state index contributed by atoms with van der Waals surface area (Å²) in [6.45, 7) is 10.3. The van der Waals surface area contributed by atoms with Gasteiger partial charge in [0.1, 0.15) is 18.2 Å². The zero-order valence-electron chi connectivity index (χ0n) is 23.5. The fourth-order valence-corrected chi connectivity index (χ4v) is 5.95. The van der Waals surface area contributed by atoms with Crippen LogP contribution in [0.1, 0.15) is 31.0 Å². The first kappa shape index (κ1) is 27.4. The average molecular weight is 573 g/mol. The van der Waals surface area contributed by atoms with E-state index in [0.29, 0.717) is 24.5 Å². The molecule has 2 N–H and O–H groups in total. The maximum Gasteiger partial charge on any atom is 0.354 e. The van der Waals surface area contributed by atoms with E-state index in [9.17, 15) is 9.59 Å². The number of anilines is 2. The summed E-state index contributed by atoms with van der Waals surface area (Å²) >= 11 is 0. The summed E-state index contributed by atoms with van der Waals surface area (Å²) in [7, 11) is 0. The number of amides is 1. The molecule has 0 aliphatic carbocycles. The molecule has 42 heavy (non-hydrogen) atoms. The molecule has 1 saturated heterocycles. The quantitative estimate of drug-likeness (QED) is 0.287. The topological polar surface area (TPSA) is 107 Å². The Balaban J connectivity index is 1.71. The molecule has 0 saturated carbocycles. The lowest BCUT2D eigenvalue weighted by molar-refractivity contribution is -0.126. The number of nitrogens with zero attached hydrogens (tertiary/aromatic N) is 5. The molecule has 4 aromatic rings. The van der Waals surface area contributed by atoms with Crippen LogP contribution in [0.4, 0.5) is 20.3 Å². The van der Waals surface area contributed by atoms with Gasteiger partial charge < -0.3 is 20.3 Å². The van der Waals surface area contributed by atoms with Gasteiger partial charge in [0.2, 0.25) is 5.91 Å². The second kappa shape index (κ2) is 10.2. The second-order valence-corrected chi connectivity index (χ2v) is 10.9. The number of ether oxygens (including phenoxy) is 1. The number of pyridine rings is 1. The third-order valence-electron chi connectivity index (χ3n) is 7.96. The highest BCUT2D eigenvalue weighted by atomic mass is 19.1. The monoisotopic (exact) mass is 572 g/mol. The van der Waals surface area contributed by atoms with E-state index >= 15 is 8.78 Å². The average Bonchev–Trinajstić information content (AvgIpc) is 3.12. The lowest BCUT2D eigenvalue weighted by Gasteiger charge is -2.40. The van der Waals surface area contributed by atoms with E-state index in [0.717, 1.165) is 5.56 Å². The molecule has 2 aromatic heterocycles. The molecule has 0 bridgehead atoms. The molecule has 0 unspecified atom stereocenters. The summed E-state index contributed by atoms with van der Waals surface area (Å²) in [5.41, 5.74) is 7.52. The van der Waals surface area contributed by atoms with E-state index in [-0.39, 0.29) is 64.3 Å². The van der Waals surface area contributed by atoms with Gasteiger partial charge >= 0.3 is 5.69 Å². The van der Waals surface area contributed by atoms with Crippen LogP contribution < -0.4 is 21.1 Å². The fraction of sp³-hybridized carbons (Fsp3) is 0.290. The SMILES string of the molecule is C=CC(=O)N1CCN2c3nc(=O)n(-c4c(C)ccnc4C(C)C)c4cc(-c5c(N)cccc5F)c(F)c(c34)OC[C@H]2C1. The van der Waals surface area contributed by atoms with Crippen molar-refractivity contribution in [3.63, 3.8) is 0 Å². The minimum absolute atomic E-state index is 0.00311. The van der Waals surface area contributed by atoms with Crippen molar-refractivity contribution in [2.45, 2.75) is 32.7 Å². The third kappa shape index (κ3) is 4.18. The van der Waals surface area contributed by atoms with Crippen LogP contribution in [-0.4, -0.2) is 57.6 Å². The Bertz CT molecular complexity index is 1820. The molecule has 6 rings (SSSR count). The zero-order chi connectivity index (χ0) is 29.9. The Hall–Kier alpha value is -4.80. The van der Waals surface area contributed by atoms with Gasteiger partial charge in [-0.3, -0.25) is 14.3 Å². The number of aromatic nitrogens is 3. The van der Waals surface area contributed by atoms with E-state index < -0.39 is 23.4 Å². The number of fused-ring (bicyclic) bond motifs is 2. The molecule has 1 atom stereocenters. The number of carbonyl (C=O) groups excluding carboxylic acids is 1. The number of benzene rings is 2. The Morgan fingerprint density at radius 2 is 2.02 bits per heavy atom. The van der Waals surface area contributed by atoms with Crippen LogP contribution >= 0.6 is 0 Å². The summed E-state index contributed by atoms with van der Waals surface area (Å²) in [5, 5.41) is 0.273. The number of halogens is 2. The first-order chi connectivity index (χ1) is 20.1. The molecule has 2 aliphatic rings. The van der Waals surface area contributed by atoms with Gasteiger partial charge in [0, 0.05) is 42.6 Å². The van der Waals surface area contributed by atoms with Crippen molar-refractivity contribution >= 4 is 28.3 Å². The zero-order valence-corrected chi connectivity index (χ0v) is 23.5. The molecule has 9 nitrogen and oxygen atoms in total. The van der Waals surface area contributed by atoms with Crippen molar-refractivity contribution in [2.75, 3.05) is 36.9 Å². The Kier molecular flexibility index (Phi) is 6.67. The van der Waals surface area contributed by atoms with Crippen molar-refractivity contribution in [1.29, 1.82) is 0 Å². The minimum Gasteiger partial charge on any atom is -0.487 e. The van der Waals surface area contributed by atoms with Crippen molar-refractivity contribution < 1.29 is 18.3 Å². The van der Waals surface area contributed by atoms with Crippen molar-refractivity contribution in [3.8, 4) is 22.6 Å². The maximum absolute atomic E-state index is 16.5. The number of hydrogen-bond donors (Lipinski definition) is 1. The fourth-order valence-electron chi connectivity index (χ4n) is 5.95. The predicted molar refractivity (Wildman–Crippen MR) is 157 cm³/mol. The summed E-state index contributed by atoms with van der Waals surface area (Å²) < 4.78 is 39.3. The Labute approximate surface area is 240 Å². The van der Waals surface area contributed by atoms with Gasteiger partial charge in [-0.25, -0.2) is 13.6 Å². The van der Waals surface area contributed by atoms with Crippen LogP contribution in [0.2, 0.25) is 0 Å². The highest BCUT2D eigenvalue weighted by Crippen LogP contribution is 2.45. The number of aryl methyl sites for hydroxylation is 1. The second-order valence-electron chi connectivity index (χ2n) is 10.9. The molecule has 4 heterocycles. The van der Waals surface area contributed by atoms with Gasteiger partial charge in [-0.05, 0) is 48.7 Å².